The number of anilines is 1. The third-order valence-corrected chi connectivity index (χ3v) is 3.87. The van der Waals surface area contributed by atoms with Crippen LogP contribution in [0.5, 0.6) is 11.5 Å². The maximum Gasteiger partial charge on any atom is 0.162 e. The molecule has 1 atom stereocenters. The zero-order valence-electron chi connectivity index (χ0n) is 11.1. The van der Waals surface area contributed by atoms with E-state index in [-0.39, 0.29) is 6.10 Å². The van der Waals surface area contributed by atoms with Gasteiger partial charge in [-0.15, -0.1) is 0 Å². The monoisotopic (exact) mass is 272 g/mol. The molecule has 0 aliphatic carbocycles. The summed E-state index contributed by atoms with van der Waals surface area (Å²) in [5.41, 5.74) is 0. The topological polar surface area (TPSA) is 54.8 Å². The number of hydrogen-bond donors (Lipinski definition) is 1. The van der Waals surface area contributed by atoms with Crippen LogP contribution in [0.1, 0.15) is 6.42 Å². The number of nitrogens with zero attached hydrogens (tertiary/aromatic N) is 2. The molecule has 0 unspecified atom stereocenters. The van der Waals surface area contributed by atoms with Gasteiger partial charge in [-0.25, -0.2) is 4.98 Å². The number of aliphatic hydroxyl groups excluding tert-OH is 1. The van der Waals surface area contributed by atoms with E-state index in [1.165, 1.54) is 0 Å². The van der Waals surface area contributed by atoms with Gasteiger partial charge in [0, 0.05) is 24.7 Å². The molecule has 2 aromatic rings. The van der Waals surface area contributed by atoms with Crippen LogP contribution in [0.4, 0.5) is 5.82 Å². The van der Waals surface area contributed by atoms with Gasteiger partial charge in [0.15, 0.2) is 11.5 Å². The Balaban J connectivity index is 1.84. The first-order valence-electron chi connectivity index (χ1n) is 6.92. The van der Waals surface area contributed by atoms with Gasteiger partial charge in [-0.2, -0.15) is 0 Å². The standard InChI is InChI=1S/C15H16N2O3/c18-11-2-4-17(9-11)15-12-8-14-13(19-5-6-20-14)7-10(12)1-3-16-15/h1,3,7-8,11,18H,2,4-6,9H2/t11-/m1/s1. The molecule has 1 aromatic heterocycles. The summed E-state index contributed by atoms with van der Waals surface area (Å²) < 4.78 is 11.3. The molecule has 1 N–H and O–H groups in total. The second-order valence-electron chi connectivity index (χ2n) is 5.24. The highest BCUT2D eigenvalue weighted by Crippen LogP contribution is 2.37. The average molecular weight is 272 g/mol. The van der Waals surface area contributed by atoms with Crippen molar-refractivity contribution in [3.63, 3.8) is 0 Å². The molecule has 20 heavy (non-hydrogen) atoms. The van der Waals surface area contributed by atoms with E-state index in [9.17, 15) is 5.11 Å². The molecule has 1 aromatic carbocycles. The lowest BCUT2D eigenvalue weighted by atomic mass is 10.1. The molecule has 3 heterocycles. The van der Waals surface area contributed by atoms with E-state index in [1.807, 2.05) is 18.2 Å². The van der Waals surface area contributed by atoms with E-state index in [0.29, 0.717) is 19.8 Å². The summed E-state index contributed by atoms with van der Waals surface area (Å²) in [6.07, 6.45) is 2.34. The molecule has 0 amide bonds. The van der Waals surface area contributed by atoms with E-state index in [0.717, 1.165) is 41.1 Å². The molecule has 1 saturated heterocycles. The van der Waals surface area contributed by atoms with Crippen molar-refractivity contribution in [1.82, 2.24) is 4.98 Å². The van der Waals surface area contributed by atoms with Crippen molar-refractivity contribution in [3.8, 4) is 11.5 Å². The maximum atomic E-state index is 9.71. The summed E-state index contributed by atoms with van der Waals surface area (Å²) in [7, 11) is 0. The van der Waals surface area contributed by atoms with E-state index >= 15 is 0 Å². The van der Waals surface area contributed by atoms with Gasteiger partial charge >= 0.3 is 0 Å². The zero-order valence-corrected chi connectivity index (χ0v) is 11.1. The predicted molar refractivity (Wildman–Crippen MR) is 75.6 cm³/mol. The molecule has 2 aliphatic heterocycles. The molecule has 0 radical (unpaired) electrons. The van der Waals surface area contributed by atoms with E-state index in [1.54, 1.807) is 6.20 Å². The quantitative estimate of drug-likeness (QED) is 0.854. The van der Waals surface area contributed by atoms with E-state index in [4.69, 9.17) is 9.47 Å². The second-order valence-corrected chi connectivity index (χ2v) is 5.24. The minimum Gasteiger partial charge on any atom is -0.486 e. The smallest absolute Gasteiger partial charge is 0.162 e. The Morgan fingerprint density at radius 1 is 1.20 bits per heavy atom. The Hall–Kier alpha value is -2.01. The highest BCUT2D eigenvalue weighted by atomic mass is 16.6. The number of rotatable bonds is 1. The SMILES string of the molecule is O[C@@H]1CCN(c2nccc3cc4c(cc23)OCCO4)C1. The van der Waals surface area contributed by atoms with Crippen LogP contribution in [-0.4, -0.2) is 42.5 Å². The van der Waals surface area contributed by atoms with Crippen molar-refractivity contribution in [1.29, 1.82) is 0 Å². The van der Waals surface area contributed by atoms with Gasteiger partial charge in [-0.05, 0) is 30.0 Å². The summed E-state index contributed by atoms with van der Waals surface area (Å²) >= 11 is 0. The summed E-state index contributed by atoms with van der Waals surface area (Å²) in [5.74, 6) is 2.48. The molecule has 2 aliphatic rings. The molecule has 0 bridgehead atoms. The predicted octanol–water partition coefficient (Wildman–Crippen LogP) is 1.58. The summed E-state index contributed by atoms with van der Waals surface area (Å²) in [6, 6.07) is 5.97. The van der Waals surface area contributed by atoms with Crippen LogP contribution in [0, 0.1) is 0 Å². The third kappa shape index (κ3) is 1.86. The summed E-state index contributed by atoms with van der Waals surface area (Å²) in [4.78, 5) is 6.62. The number of aromatic nitrogens is 1. The molecule has 1 fully saturated rings. The largest absolute Gasteiger partial charge is 0.486 e. The number of fused-ring (bicyclic) bond motifs is 2. The van der Waals surface area contributed by atoms with Crippen LogP contribution in [0.25, 0.3) is 10.8 Å². The van der Waals surface area contributed by atoms with Crippen molar-refractivity contribution in [2.24, 2.45) is 0 Å². The van der Waals surface area contributed by atoms with Crippen LogP contribution >= 0.6 is 0 Å². The fourth-order valence-electron chi connectivity index (χ4n) is 2.88. The van der Waals surface area contributed by atoms with E-state index < -0.39 is 0 Å². The Bertz CT molecular complexity index is 659. The molecule has 4 rings (SSSR count). The number of ether oxygens (including phenoxy) is 2. The van der Waals surface area contributed by atoms with Gasteiger partial charge in [-0.1, -0.05) is 0 Å². The summed E-state index contributed by atoms with van der Waals surface area (Å²) in [6.45, 7) is 2.65. The van der Waals surface area contributed by atoms with Gasteiger partial charge in [-0.3, -0.25) is 0 Å². The van der Waals surface area contributed by atoms with Gasteiger partial charge < -0.3 is 19.5 Å². The van der Waals surface area contributed by atoms with Crippen LogP contribution < -0.4 is 14.4 Å². The van der Waals surface area contributed by atoms with Gasteiger partial charge in [0.25, 0.3) is 0 Å². The first kappa shape index (κ1) is 11.8. The normalized spacial score (nSPS) is 21.4. The second kappa shape index (κ2) is 4.52. The van der Waals surface area contributed by atoms with Crippen molar-refractivity contribution in [2.75, 3.05) is 31.2 Å². The van der Waals surface area contributed by atoms with Gasteiger partial charge in [0.05, 0.1) is 6.10 Å². The van der Waals surface area contributed by atoms with E-state index in [2.05, 4.69) is 9.88 Å². The highest BCUT2D eigenvalue weighted by Gasteiger charge is 2.23. The van der Waals surface area contributed by atoms with Crippen LogP contribution in [0.3, 0.4) is 0 Å². The Morgan fingerprint density at radius 3 is 2.75 bits per heavy atom. The number of β-amino-alcohol motifs (C(OH)–C–C–N with tert-alkyl or cyclic N) is 1. The number of hydrogen-bond acceptors (Lipinski definition) is 5. The lowest BCUT2D eigenvalue weighted by Gasteiger charge is -2.22. The lowest BCUT2D eigenvalue weighted by Crippen LogP contribution is -2.22. The highest BCUT2D eigenvalue weighted by molar-refractivity contribution is 5.94. The van der Waals surface area contributed by atoms with Crippen LogP contribution in [-0.2, 0) is 0 Å². The first-order chi connectivity index (χ1) is 9.81. The minimum absolute atomic E-state index is 0.260. The Labute approximate surface area is 116 Å². The molecule has 0 spiro atoms. The Morgan fingerprint density at radius 2 is 2.00 bits per heavy atom. The molecular weight excluding hydrogens is 256 g/mol. The molecule has 0 saturated carbocycles. The van der Waals surface area contributed by atoms with Gasteiger partial charge in [0.1, 0.15) is 19.0 Å². The van der Waals surface area contributed by atoms with Crippen molar-refractivity contribution in [3.05, 3.63) is 24.4 Å². The molecular formula is C15H16N2O3. The number of aliphatic hydroxyl groups is 1. The minimum atomic E-state index is -0.260. The fraction of sp³-hybridized carbons (Fsp3) is 0.400. The number of benzene rings is 1. The lowest BCUT2D eigenvalue weighted by molar-refractivity contribution is 0.172. The maximum absolute atomic E-state index is 9.71. The van der Waals surface area contributed by atoms with Crippen molar-refractivity contribution < 1.29 is 14.6 Å². The average Bonchev–Trinajstić information content (AvgIpc) is 2.91. The summed E-state index contributed by atoms with van der Waals surface area (Å²) in [5, 5.41) is 11.8. The number of pyridine rings is 1. The molecule has 104 valence electrons. The zero-order chi connectivity index (χ0) is 13.5. The third-order valence-electron chi connectivity index (χ3n) is 3.87. The van der Waals surface area contributed by atoms with Crippen LogP contribution in [0.2, 0.25) is 0 Å². The fourth-order valence-corrected chi connectivity index (χ4v) is 2.88. The molecule has 5 heteroatoms. The van der Waals surface area contributed by atoms with Crippen molar-refractivity contribution >= 4 is 16.6 Å². The van der Waals surface area contributed by atoms with Crippen LogP contribution in [0.15, 0.2) is 24.4 Å². The Kier molecular flexibility index (Phi) is 2.67. The van der Waals surface area contributed by atoms with Crippen molar-refractivity contribution in [2.45, 2.75) is 12.5 Å². The van der Waals surface area contributed by atoms with Gasteiger partial charge in [0.2, 0.25) is 0 Å². The first-order valence-corrected chi connectivity index (χ1v) is 6.92. The molecule has 5 nitrogen and oxygen atoms in total.